The molecule has 1 aliphatic carbocycles. The highest BCUT2D eigenvalue weighted by atomic mass is 16.5. The van der Waals surface area contributed by atoms with Gasteiger partial charge in [-0.2, -0.15) is 0 Å². The number of likely N-dealkylation sites (N-methyl/N-ethyl adjacent to an activating group) is 1. The highest BCUT2D eigenvalue weighted by Crippen LogP contribution is 2.56. The van der Waals surface area contributed by atoms with Crippen LogP contribution in [0.5, 0.6) is 23.0 Å². The van der Waals surface area contributed by atoms with Gasteiger partial charge in [0.05, 0.1) is 42.0 Å². The van der Waals surface area contributed by atoms with Crippen LogP contribution in [0, 0.1) is 0 Å². The average Bonchev–Trinajstić information content (AvgIpc) is 2.64. The monoisotopic (exact) mass is 356 g/mol. The Bertz CT molecular complexity index is 888. The molecular weight excluding hydrogens is 330 g/mol. The lowest BCUT2D eigenvalue weighted by atomic mass is 9.75. The van der Waals surface area contributed by atoms with E-state index >= 15 is 0 Å². The van der Waals surface area contributed by atoms with Gasteiger partial charge in [0.2, 0.25) is 0 Å². The molecule has 138 valence electrons. The van der Waals surface area contributed by atoms with Gasteiger partial charge in [-0.25, -0.2) is 0 Å². The maximum absolute atomic E-state index is 10.9. The molecular formula is C21H26NO4+. The van der Waals surface area contributed by atoms with Crippen LogP contribution >= 0.6 is 0 Å². The normalized spacial score (nSPS) is 19.3. The first kappa shape index (κ1) is 17.0. The second kappa shape index (κ2) is 5.81. The van der Waals surface area contributed by atoms with Gasteiger partial charge in [-0.05, 0) is 23.3 Å². The van der Waals surface area contributed by atoms with E-state index in [2.05, 4.69) is 26.2 Å². The zero-order chi connectivity index (χ0) is 18.6. The summed E-state index contributed by atoms with van der Waals surface area (Å²) in [6.07, 6.45) is 1.86. The SMILES string of the molecule is COc1ccc2c(c1O)-c1c(OC)c(OC)cc3c1C(C2)[N+](C)(C)CC3. The molecule has 1 aliphatic heterocycles. The molecule has 5 nitrogen and oxygen atoms in total. The molecule has 26 heavy (non-hydrogen) atoms. The molecule has 0 saturated heterocycles. The van der Waals surface area contributed by atoms with Crippen molar-refractivity contribution < 1.29 is 23.8 Å². The molecule has 1 heterocycles. The number of aromatic hydroxyl groups is 1. The Morgan fingerprint density at radius 3 is 2.35 bits per heavy atom. The summed E-state index contributed by atoms with van der Waals surface area (Å²) < 4.78 is 17.7. The van der Waals surface area contributed by atoms with Crippen molar-refractivity contribution in [1.29, 1.82) is 0 Å². The lowest BCUT2D eigenvalue weighted by molar-refractivity contribution is -0.923. The van der Waals surface area contributed by atoms with Crippen LogP contribution in [-0.2, 0) is 12.8 Å². The van der Waals surface area contributed by atoms with Gasteiger partial charge in [-0.15, -0.1) is 0 Å². The molecule has 2 aromatic rings. The average molecular weight is 356 g/mol. The fourth-order valence-electron chi connectivity index (χ4n) is 4.60. The number of hydrogen-bond acceptors (Lipinski definition) is 4. The van der Waals surface area contributed by atoms with Gasteiger partial charge in [-0.1, -0.05) is 6.07 Å². The molecule has 0 bridgehead atoms. The summed E-state index contributed by atoms with van der Waals surface area (Å²) in [4.78, 5) is 0. The van der Waals surface area contributed by atoms with Crippen LogP contribution in [0.15, 0.2) is 18.2 Å². The predicted octanol–water partition coefficient (Wildman–Crippen LogP) is 3.31. The van der Waals surface area contributed by atoms with E-state index in [4.69, 9.17) is 14.2 Å². The lowest BCUT2D eigenvalue weighted by Crippen LogP contribution is -2.49. The molecule has 0 spiro atoms. The zero-order valence-electron chi connectivity index (χ0n) is 16.0. The third kappa shape index (κ3) is 2.20. The van der Waals surface area contributed by atoms with Gasteiger partial charge in [-0.3, -0.25) is 0 Å². The zero-order valence-corrected chi connectivity index (χ0v) is 16.0. The number of benzene rings is 2. The van der Waals surface area contributed by atoms with Gasteiger partial charge >= 0.3 is 0 Å². The topological polar surface area (TPSA) is 47.9 Å². The molecule has 0 amide bonds. The van der Waals surface area contributed by atoms with Gasteiger partial charge in [0.25, 0.3) is 0 Å². The first-order valence-corrected chi connectivity index (χ1v) is 8.92. The van der Waals surface area contributed by atoms with Crippen molar-refractivity contribution in [3.63, 3.8) is 0 Å². The highest BCUT2D eigenvalue weighted by molar-refractivity contribution is 5.88. The predicted molar refractivity (Wildman–Crippen MR) is 100 cm³/mol. The minimum Gasteiger partial charge on any atom is -0.504 e. The number of methoxy groups -OCH3 is 3. The van der Waals surface area contributed by atoms with E-state index < -0.39 is 0 Å². The van der Waals surface area contributed by atoms with Crippen molar-refractivity contribution >= 4 is 0 Å². The summed E-state index contributed by atoms with van der Waals surface area (Å²) in [7, 11) is 9.45. The number of phenols is 1. The summed E-state index contributed by atoms with van der Waals surface area (Å²) >= 11 is 0. The number of quaternary nitrogens is 1. The summed E-state index contributed by atoms with van der Waals surface area (Å²) in [5, 5.41) is 10.9. The van der Waals surface area contributed by atoms with E-state index in [0.717, 1.165) is 40.6 Å². The van der Waals surface area contributed by atoms with E-state index in [0.29, 0.717) is 23.3 Å². The lowest BCUT2D eigenvalue weighted by Gasteiger charge is -2.46. The number of hydrogen-bond donors (Lipinski definition) is 1. The molecule has 1 atom stereocenters. The molecule has 1 N–H and O–H groups in total. The first-order valence-electron chi connectivity index (χ1n) is 8.92. The molecule has 2 aliphatic rings. The molecule has 4 rings (SSSR count). The Kier molecular flexibility index (Phi) is 3.81. The number of fused-ring (bicyclic) bond motifs is 2. The number of phenolic OH excluding ortho intramolecular Hbond substituents is 1. The molecule has 0 radical (unpaired) electrons. The van der Waals surface area contributed by atoms with Crippen molar-refractivity contribution in [3.8, 4) is 34.1 Å². The van der Waals surface area contributed by atoms with Crippen LogP contribution in [0.4, 0.5) is 0 Å². The summed E-state index contributed by atoms with van der Waals surface area (Å²) in [5.41, 5.74) is 5.44. The standard InChI is InChI=1S/C21H25NO4/c1-22(2)9-8-13-11-16(25-4)21(26-5)19-17(13)14(22)10-12-6-7-15(24-3)20(23)18(12)19/h6-7,11,14H,8-10H2,1-5H3/p+1. The molecule has 5 heteroatoms. The smallest absolute Gasteiger partial charge is 0.169 e. The first-order chi connectivity index (χ1) is 12.4. The summed E-state index contributed by atoms with van der Waals surface area (Å²) in [6.45, 7) is 1.07. The van der Waals surface area contributed by atoms with E-state index in [1.54, 1.807) is 21.3 Å². The van der Waals surface area contributed by atoms with Crippen LogP contribution in [0.3, 0.4) is 0 Å². The molecule has 1 unspecified atom stereocenters. The second-order valence-electron chi connectivity index (χ2n) is 7.68. The molecule has 2 aromatic carbocycles. The summed E-state index contributed by atoms with van der Waals surface area (Å²) in [5.74, 6) is 2.04. The maximum atomic E-state index is 10.9. The van der Waals surface area contributed by atoms with Crippen molar-refractivity contribution in [1.82, 2.24) is 0 Å². The van der Waals surface area contributed by atoms with E-state index in [1.807, 2.05) is 6.07 Å². The third-order valence-corrected chi connectivity index (χ3v) is 6.04. The minimum atomic E-state index is 0.174. The van der Waals surface area contributed by atoms with Crippen LogP contribution < -0.4 is 14.2 Å². The van der Waals surface area contributed by atoms with E-state index in [9.17, 15) is 5.11 Å². The van der Waals surface area contributed by atoms with Crippen LogP contribution in [-0.4, -0.2) is 51.6 Å². The van der Waals surface area contributed by atoms with E-state index in [-0.39, 0.29) is 5.75 Å². The Hall–Kier alpha value is -2.40. The van der Waals surface area contributed by atoms with Crippen molar-refractivity contribution in [2.75, 3.05) is 42.0 Å². The molecule has 0 aromatic heterocycles. The Balaban J connectivity index is 2.13. The quantitative estimate of drug-likeness (QED) is 0.857. The van der Waals surface area contributed by atoms with Gasteiger partial charge in [0, 0.05) is 29.5 Å². The number of ether oxygens (including phenoxy) is 3. The van der Waals surface area contributed by atoms with Gasteiger partial charge in [0.1, 0.15) is 6.04 Å². The Morgan fingerprint density at radius 1 is 0.962 bits per heavy atom. The van der Waals surface area contributed by atoms with Gasteiger partial charge in [0.15, 0.2) is 23.0 Å². The third-order valence-electron chi connectivity index (χ3n) is 6.04. The van der Waals surface area contributed by atoms with Crippen LogP contribution in [0.2, 0.25) is 0 Å². The van der Waals surface area contributed by atoms with Crippen LogP contribution in [0.25, 0.3) is 11.1 Å². The second-order valence-corrected chi connectivity index (χ2v) is 7.68. The number of rotatable bonds is 3. The van der Waals surface area contributed by atoms with Crippen LogP contribution in [0.1, 0.15) is 22.7 Å². The van der Waals surface area contributed by atoms with Crippen molar-refractivity contribution in [3.05, 3.63) is 34.9 Å². The molecule has 0 saturated carbocycles. The summed E-state index contributed by atoms with van der Waals surface area (Å²) in [6, 6.07) is 6.33. The van der Waals surface area contributed by atoms with Crippen molar-refractivity contribution in [2.45, 2.75) is 18.9 Å². The largest absolute Gasteiger partial charge is 0.504 e. The number of nitrogens with zero attached hydrogens (tertiary/aromatic N) is 1. The Morgan fingerprint density at radius 2 is 1.69 bits per heavy atom. The van der Waals surface area contributed by atoms with Crippen molar-refractivity contribution in [2.24, 2.45) is 0 Å². The maximum Gasteiger partial charge on any atom is 0.169 e. The Labute approximate surface area is 154 Å². The fourth-order valence-corrected chi connectivity index (χ4v) is 4.60. The highest BCUT2D eigenvalue weighted by Gasteiger charge is 2.44. The fraction of sp³-hybridized carbons (Fsp3) is 0.429. The molecule has 0 fully saturated rings. The minimum absolute atomic E-state index is 0.174. The van der Waals surface area contributed by atoms with Gasteiger partial charge < -0.3 is 23.8 Å². The van der Waals surface area contributed by atoms with E-state index in [1.165, 1.54) is 11.1 Å².